The maximum atomic E-state index is 12.9. The number of halogens is 2. The number of imidazole rings is 1. The van der Waals surface area contributed by atoms with Crippen LogP contribution < -0.4 is 10.1 Å². The zero-order valence-electron chi connectivity index (χ0n) is 16.9. The van der Waals surface area contributed by atoms with Crippen LogP contribution in [0.4, 0.5) is 4.39 Å². The van der Waals surface area contributed by atoms with Crippen molar-refractivity contribution in [2.24, 2.45) is 4.99 Å². The molecule has 0 saturated heterocycles. The number of likely N-dealkylation sites (N-methyl/N-ethyl adjacent to an activating group) is 1. The topological polar surface area (TPSA) is 54.7 Å². The van der Waals surface area contributed by atoms with Gasteiger partial charge in [-0.15, -0.1) is 24.0 Å². The van der Waals surface area contributed by atoms with Gasteiger partial charge in [-0.3, -0.25) is 4.99 Å². The van der Waals surface area contributed by atoms with E-state index >= 15 is 0 Å². The lowest BCUT2D eigenvalue weighted by Crippen LogP contribution is -2.41. The van der Waals surface area contributed by atoms with Gasteiger partial charge in [-0.05, 0) is 51.0 Å². The number of nitrogens with one attached hydrogen (secondary N) is 1. The molecule has 0 unspecified atom stereocenters. The Morgan fingerprint density at radius 1 is 1.29 bits per heavy atom. The van der Waals surface area contributed by atoms with Gasteiger partial charge in [0.05, 0.1) is 6.54 Å². The van der Waals surface area contributed by atoms with Crippen molar-refractivity contribution in [1.29, 1.82) is 0 Å². The van der Waals surface area contributed by atoms with Gasteiger partial charge >= 0.3 is 0 Å². The molecule has 28 heavy (non-hydrogen) atoms. The van der Waals surface area contributed by atoms with E-state index in [9.17, 15) is 4.39 Å². The fraction of sp³-hybridized carbons (Fsp3) is 0.500. The third kappa shape index (κ3) is 8.45. The number of benzene rings is 1. The number of guanidine groups is 1. The minimum Gasteiger partial charge on any atom is -0.492 e. The first-order chi connectivity index (χ1) is 13.1. The Morgan fingerprint density at radius 3 is 2.68 bits per heavy atom. The predicted octanol–water partition coefficient (Wildman–Crippen LogP) is 3.71. The summed E-state index contributed by atoms with van der Waals surface area (Å²) in [6.45, 7) is 7.84. The lowest BCUT2D eigenvalue weighted by Gasteiger charge is -2.22. The predicted molar refractivity (Wildman–Crippen MR) is 122 cm³/mol. The quantitative estimate of drug-likeness (QED) is 0.233. The zero-order chi connectivity index (χ0) is 19.5. The molecule has 1 heterocycles. The molecule has 0 aliphatic rings. The first-order valence-electron chi connectivity index (χ1n) is 9.45. The van der Waals surface area contributed by atoms with Crippen LogP contribution in [0.5, 0.6) is 5.75 Å². The van der Waals surface area contributed by atoms with Crippen molar-refractivity contribution in [1.82, 2.24) is 19.8 Å². The summed E-state index contributed by atoms with van der Waals surface area (Å²) < 4.78 is 20.7. The fourth-order valence-corrected chi connectivity index (χ4v) is 2.63. The van der Waals surface area contributed by atoms with Crippen LogP contribution in [0.3, 0.4) is 0 Å². The molecule has 1 aromatic heterocycles. The van der Waals surface area contributed by atoms with E-state index < -0.39 is 0 Å². The van der Waals surface area contributed by atoms with Crippen molar-refractivity contribution >= 4 is 29.9 Å². The Bertz CT molecular complexity index is 705. The summed E-state index contributed by atoms with van der Waals surface area (Å²) in [5, 5.41) is 3.31. The Hall–Kier alpha value is -1.84. The molecule has 0 bridgehead atoms. The molecule has 0 atom stereocenters. The second-order valence-electron chi connectivity index (χ2n) is 6.33. The summed E-state index contributed by atoms with van der Waals surface area (Å²) in [5.74, 6) is 2.33. The zero-order valence-corrected chi connectivity index (χ0v) is 19.2. The Labute approximate surface area is 184 Å². The number of hydrogen-bond donors (Lipinski definition) is 1. The van der Waals surface area contributed by atoms with Crippen LogP contribution in [0.15, 0.2) is 41.7 Å². The molecule has 156 valence electrons. The van der Waals surface area contributed by atoms with Crippen LogP contribution in [0.2, 0.25) is 0 Å². The maximum absolute atomic E-state index is 12.9. The highest BCUT2D eigenvalue weighted by Gasteiger charge is 2.06. The van der Waals surface area contributed by atoms with Crippen LogP contribution in [0.1, 0.15) is 25.6 Å². The Morgan fingerprint density at radius 2 is 2.04 bits per heavy atom. The van der Waals surface area contributed by atoms with Crippen molar-refractivity contribution in [3.05, 3.63) is 48.3 Å². The van der Waals surface area contributed by atoms with Crippen molar-refractivity contribution in [3.8, 4) is 5.75 Å². The molecule has 0 aliphatic heterocycles. The SMILES string of the molecule is CCNC(=NCCCCn1ccnc1C)N(C)CCOc1ccc(F)cc1.I. The van der Waals surface area contributed by atoms with Crippen LogP contribution in [0.25, 0.3) is 0 Å². The second kappa shape index (κ2) is 13.4. The minimum atomic E-state index is -0.260. The maximum Gasteiger partial charge on any atom is 0.193 e. The average molecular weight is 503 g/mol. The first kappa shape index (κ1) is 24.2. The van der Waals surface area contributed by atoms with E-state index in [2.05, 4.69) is 21.8 Å². The molecule has 1 aromatic carbocycles. The molecule has 6 nitrogen and oxygen atoms in total. The molecule has 2 aromatic rings. The van der Waals surface area contributed by atoms with Gasteiger partial charge in [-0.25, -0.2) is 9.37 Å². The normalized spacial score (nSPS) is 11.1. The molecular formula is C20H31FIN5O. The second-order valence-corrected chi connectivity index (χ2v) is 6.33. The van der Waals surface area contributed by atoms with Gasteiger partial charge in [0.15, 0.2) is 5.96 Å². The van der Waals surface area contributed by atoms with E-state index in [-0.39, 0.29) is 29.8 Å². The van der Waals surface area contributed by atoms with E-state index in [1.807, 2.05) is 31.3 Å². The molecule has 0 saturated carbocycles. The molecule has 0 fully saturated rings. The van der Waals surface area contributed by atoms with Gasteiger partial charge in [-0.2, -0.15) is 0 Å². The van der Waals surface area contributed by atoms with Crippen molar-refractivity contribution in [2.45, 2.75) is 33.2 Å². The standard InChI is InChI=1S/C20H30FN5O.HI/c1-4-22-20(24-11-5-6-13-26-14-12-23-17(26)2)25(3)15-16-27-19-9-7-18(21)8-10-19;/h7-10,12,14H,4-6,11,13,15-16H2,1-3H3,(H,22,24);1H. The van der Waals surface area contributed by atoms with E-state index in [4.69, 9.17) is 9.73 Å². The molecule has 1 N–H and O–H groups in total. The highest BCUT2D eigenvalue weighted by molar-refractivity contribution is 14.0. The lowest BCUT2D eigenvalue weighted by molar-refractivity contribution is 0.281. The molecule has 0 aliphatic carbocycles. The van der Waals surface area contributed by atoms with Crippen molar-refractivity contribution in [3.63, 3.8) is 0 Å². The summed E-state index contributed by atoms with van der Waals surface area (Å²) >= 11 is 0. The van der Waals surface area contributed by atoms with Crippen LogP contribution in [0, 0.1) is 12.7 Å². The fourth-order valence-electron chi connectivity index (χ4n) is 2.63. The average Bonchev–Trinajstić information content (AvgIpc) is 3.07. The summed E-state index contributed by atoms with van der Waals surface area (Å²) in [6.07, 6.45) is 5.93. The van der Waals surface area contributed by atoms with Crippen molar-refractivity contribution in [2.75, 3.05) is 33.3 Å². The van der Waals surface area contributed by atoms with Crippen LogP contribution >= 0.6 is 24.0 Å². The number of aryl methyl sites for hydroxylation is 2. The third-order valence-electron chi connectivity index (χ3n) is 4.20. The molecule has 8 heteroatoms. The van der Waals surface area contributed by atoms with Gasteiger partial charge in [-0.1, -0.05) is 0 Å². The number of aliphatic imine (C=N–C) groups is 1. The van der Waals surface area contributed by atoms with Gasteiger partial charge in [0.1, 0.15) is 24.0 Å². The van der Waals surface area contributed by atoms with Crippen LogP contribution in [-0.2, 0) is 6.54 Å². The van der Waals surface area contributed by atoms with Gasteiger partial charge < -0.3 is 19.5 Å². The molecule has 0 spiro atoms. The number of nitrogens with zero attached hydrogens (tertiary/aromatic N) is 4. The summed E-state index contributed by atoms with van der Waals surface area (Å²) in [7, 11) is 1.99. The molecule has 0 amide bonds. The Kier molecular flexibility index (Phi) is 11.5. The molecular weight excluding hydrogens is 472 g/mol. The third-order valence-corrected chi connectivity index (χ3v) is 4.20. The number of rotatable bonds is 10. The number of aromatic nitrogens is 2. The molecule has 0 radical (unpaired) electrons. The highest BCUT2D eigenvalue weighted by atomic mass is 127. The largest absolute Gasteiger partial charge is 0.492 e. The molecule has 2 rings (SSSR count). The monoisotopic (exact) mass is 503 g/mol. The van der Waals surface area contributed by atoms with Gasteiger partial charge in [0, 0.05) is 39.1 Å². The van der Waals surface area contributed by atoms with E-state index in [0.29, 0.717) is 18.9 Å². The van der Waals surface area contributed by atoms with Crippen molar-refractivity contribution < 1.29 is 9.13 Å². The van der Waals surface area contributed by atoms with Gasteiger partial charge in [0.25, 0.3) is 0 Å². The summed E-state index contributed by atoms with van der Waals surface area (Å²) in [5.41, 5.74) is 0. The summed E-state index contributed by atoms with van der Waals surface area (Å²) in [6, 6.07) is 6.07. The first-order valence-corrected chi connectivity index (χ1v) is 9.45. The van der Waals surface area contributed by atoms with Crippen LogP contribution in [-0.4, -0.2) is 53.7 Å². The number of unbranched alkanes of at least 4 members (excludes halogenated alkanes) is 1. The summed E-state index contributed by atoms with van der Waals surface area (Å²) in [4.78, 5) is 11.0. The van der Waals surface area contributed by atoms with E-state index in [1.165, 1.54) is 12.1 Å². The smallest absolute Gasteiger partial charge is 0.193 e. The minimum absolute atomic E-state index is 0. The highest BCUT2D eigenvalue weighted by Crippen LogP contribution is 2.10. The number of hydrogen-bond acceptors (Lipinski definition) is 3. The van der Waals surface area contributed by atoms with E-state index in [0.717, 1.165) is 44.3 Å². The lowest BCUT2D eigenvalue weighted by atomic mass is 10.3. The Balaban J connectivity index is 0.00000392. The number of ether oxygens (including phenoxy) is 1. The van der Waals surface area contributed by atoms with E-state index in [1.54, 1.807) is 12.1 Å². The van der Waals surface area contributed by atoms with Gasteiger partial charge in [0.2, 0.25) is 0 Å².